The number of thioether (sulfide) groups is 1. The third-order valence-electron chi connectivity index (χ3n) is 2.13. The van der Waals surface area contributed by atoms with Gasteiger partial charge in [0.2, 0.25) is 0 Å². The predicted octanol–water partition coefficient (Wildman–Crippen LogP) is 3.04. The van der Waals surface area contributed by atoms with Crippen LogP contribution in [0.5, 0.6) is 0 Å². The van der Waals surface area contributed by atoms with Crippen molar-refractivity contribution in [3.63, 3.8) is 0 Å². The molecule has 1 amide bonds. The van der Waals surface area contributed by atoms with Crippen LogP contribution in [0.4, 0.5) is 14.5 Å². The van der Waals surface area contributed by atoms with Gasteiger partial charge in [-0.2, -0.15) is 8.78 Å². The van der Waals surface area contributed by atoms with Gasteiger partial charge in [-0.1, -0.05) is 11.8 Å². The smallest absolute Gasteiger partial charge is 0.288 e. The Labute approximate surface area is 112 Å². The molecule has 4 nitrogen and oxygen atoms in total. The lowest BCUT2D eigenvalue weighted by atomic mass is 10.3. The number of aromatic nitrogens is 2. The molecule has 1 aromatic carbocycles. The van der Waals surface area contributed by atoms with Gasteiger partial charge in [0.1, 0.15) is 5.69 Å². The summed E-state index contributed by atoms with van der Waals surface area (Å²) in [6.45, 7) is 0. The number of benzene rings is 1. The van der Waals surface area contributed by atoms with Crippen LogP contribution in [-0.2, 0) is 0 Å². The second-order valence-electron chi connectivity index (χ2n) is 3.45. The van der Waals surface area contributed by atoms with Crippen molar-refractivity contribution in [2.24, 2.45) is 0 Å². The lowest BCUT2D eigenvalue weighted by Gasteiger charge is -2.05. The third-order valence-corrected chi connectivity index (χ3v) is 2.86. The van der Waals surface area contributed by atoms with Gasteiger partial charge in [-0.25, -0.2) is 4.98 Å². The van der Waals surface area contributed by atoms with Gasteiger partial charge in [0.25, 0.3) is 11.7 Å². The normalized spacial score (nSPS) is 10.5. The Hall–Kier alpha value is -2.02. The molecule has 0 aliphatic carbocycles. The lowest BCUT2D eigenvalue weighted by Crippen LogP contribution is -2.13. The maximum atomic E-state index is 12.1. The zero-order chi connectivity index (χ0) is 13.7. The topological polar surface area (TPSA) is 54.9 Å². The molecule has 1 N–H and O–H groups in total. The van der Waals surface area contributed by atoms with Crippen molar-refractivity contribution >= 4 is 23.4 Å². The van der Waals surface area contributed by atoms with Crippen molar-refractivity contribution in [3.05, 3.63) is 48.5 Å². The fraction of sp³-hybridized carbons (Fsp3) is 0.0833. The highest BCUT2D eigenvalue weighted by atomic mass is 32.2. The zero-order valence-corrected chi connectivity index (χ0v) is 10.4. The van der Waals surface area contributed by atoms with Crippen LogP contribution in [0.15, 0.2) is 47.8 Å². The fourth-order valence-electron chi connectivity index (χ4n) is 1.33. The summed E-state index contributed by atoms with van der Waals surface area (Å²) in [4.78, 5) is 19.8. The Balaban J connectivity index is 2.02. The summed E-state index contributed by atoms with van der Waals surface area (Å²) in [6, 6.07) is 6.14. The Morgan fingerprint density at radius 3 is 2.53 bits per heavy atom. The maximum Gasteiger partial charge on any atom is 0.288 e. The minimum absolute atomic E-state index is 0.188. The minimum atomic E-state index is -2.46. The summed E-state index contributed by atoms with van der Waals surface area (Å²) >= 11 is 0.454. The number of alkyl halides is 2. The van der Waals surface area contributed by atoms with Gasteiger partial charge in [-0.3, -0.25) is 9.78 Å². The molecule has 1 aromatic heterocycles. The molecule has 0 unspecified atom stereocenters. The van der Waals surface area contributed by atoms with Gasteiger partial charge < -0.3 is 5.32 Å². The number of hydrogen-bond donors (Lipinski definition) is 1. The molecule has 0 aliphatic rings. The molecule has 19 heavy (non-hydrogen) atoms. The van der Waals surface area contributed by atoms with Crippen LogP contribution >= 0.6 is 11.8 Å². The molecule has 2 rings (SSSR count). The number of carbonyl (C=O) groups excluding carboxylic acids is 1. The van der Waals surface area contributed by atoms with E-state index < -0.39 is 11.7 Å². The van der Waals surface area contributed by atoms with E-state index in [1.165, 1.54) is 30.7 Å². The van der Waals surface area contributed by atoms with Crippen LogP contribution in [0.25, 0.3) is 0 Å². The van der Waals surface area contributed by atoms with Crippen LogP contribution in [0.2, 0.25) is 0 Å². The molecular formula is C12H9F2N3OS. The molecule has 2 aromatic rings. The SMILES string of the molecule is O=C(Nc1ccc(SC(F)F)cc1)c1cnccn1. The van der Waals surface area contributed by atoms with Crippen LogP contribution in [0.3, 0.4) is 0 Å². The highest BCUT2D eigenvalue weighted by molar-refractivity contribution is 7.99. The van der Waals surface area contributed by atoms with E-state index >= 15 is 0 Å². The molecule has 0 aliphatic heterocycles. The molecule has 0 fully saturated rings. The molecular weight excluding hydrogens is 272 g/mol. The molecule has 0 saturated carbocycles. The summed E-state index contributed by atoms with van der Waals surface area (Å²) in [6.07, 6.45) is 4.22. The van der Waals surface area contributed by atoms with Crippen LogP contribution < -0.4 is 5.32 Å². The van der Waals surface area contributed by atoms with Gasteiger partial charge in [0.15, 0.2) is 0 Å². The Kier molecular flexibility index (Phi) is 4.40. The first-order chi connectivity index (χ1) is 9.15. The predicted molar refractivity (Wildman–Crippen MR) is 68.3 cm³/mol. The van der Waals surface area contributed by atoms with Crippen molar-refractivity contribution in [3.8, 4) is 0 Å². The van der Waals surface area contributed by atoms with E-state index in [4.69, 9.17) is 0 Å². The van der Waals surface area contributed by atoms with Gasteiger partial charge >= 0.3 is 0 Å². The zero-order valence-electron chi connectivity index (χ0n) is 9.59. The van der Waals surface area contributed by atoms with Crippen LogP contribution in [-0.4, -0.2) is 21.6 Å². The van der Waals surface area contributed by atoms with Gasteiger partial charge in [0.05, 0.1) is 6.20 Å². The summed E-state index contributed by atoms with van der Waals surface area (Å²) in [5.74, 6) is -2.86. The van der Waals surface area contributed by atoms with E-state index in [1.807, 2.05) is 0 Å². The number of halogens is 2. The quantitative estimate of drug-likeness (QED) is 0.875. The van der Waals surface area contributed by atoms with Crippen molar-refractivity contribution < 1.29 is 13.6 Å². The average molecular weight is 281 g/mol. The van der Waals surface area contributed by atoms with Gasteiger partial charge in [0, 0.05) is 23.0 Å². The molecule has 1 heterocycles. The Morgan fingerprint density at radius 1 is 1.21 bits per heavy atom. The van der Waals surface area contributed by atoms with E-state index in [1.54, 1.807) is 12.1 Å². The lowest BCUT2D eigenvalue weighted by molar-refractivity contribution is 0.102. The first-order valence-electron chi connectivity index (χ1n) is 5.27. The summed E-state index contributed by atoms with van der Waals surface area (Å²) in [7, 11) is 0. The summed E-state index contributed by atoms with van der Waals surface area (Å²) in [5.41, 5.74) is 0.697. The molecule has 0 radical (unpaired) electrons. The van der Waals surface area contributed by atoms with Gasteiger partial charge in [-0.05, 0) is 24.3 Å². The van der Waals surface area contributed by atoms with E-state index in [-0.39, 0.29) is 5.69 Å². The molecule has 0 bridgehead atoms. The number of rotatable bonds is 4. The van der Waals surface area contributed by atoms with E-state index in [0.717, 1.165) is 0 Å². The number of nitrogens with zero attached hydrogens (tertiary/aromatic N) is 2. The Morgan fingerprint density at radius 2 is 1.95 bits per heavy atom. The second kappa shape index (κ2) is 6.24. The van der Waals surface area contributed by atoms with Crippen molar-refractivity contribution in [1.82, 2.24) is 9.97 Å². The first kappa shape index (κ1) is 13.4. The van der Waals surface area contributed by atoms with E-state index in [2.05, 4.69) is 15.3 Å². The minimum Gasteiger partial charge on any atom is -0.321 e. The Bertz CT molecular complexity index is 549. The molecule has 7 heteroatoms. The monoisotopic (exact) mass is 281 g/mol. The van der Waals surface area contributed by atoms with Crippen LogP contribution in [0.1, 0.15) is 10.5 Å². The molecule has 0 saturated heterocycles. The fourth-order valence-corrected chi connectivity index (χ4v) is 1.83. The van der Waals surface area contributed by atoms with E-state index in [9.17, 15) is 13.6 Å². The standard InChI is InChI=1S/C12H9F2N3OS/c13-12(14)19-9-3-1-8(2-4-9)17-11(18)10-7-15-5-6-16-10/h1-7,12H,(H,17,18). The molecule has 98 valence electrons. The first-order valence-corrected chi connectivity index (χ1v) is 6.15. The summed E-state index contributed by atoms with van der Waals surface area (Å²) in [5, 5.41) is 2.60. The van der Waals surface area contributed by atoms with E-state index in [0.29, 0.717) is 22.3 Å². The van der Waals surface area contributed by atoms with Crippen molar-refractivity contribution in [2.45, 2.75) is 10.7 Å². The highest BCUT2D eigenvalue weighted by Crippen LogP contribution is 2.26. The number of anilines is 1. The highest BCUT2D eigenvalue weighted by Gasteiger charge is 2.08. The number of amides is 1. The molecule has 0 atom stereocenters. The van der Waals surface area contributed by atoms with Crippen LogP contribution in [0, 0.1) is 0 Å². The average Bonchev–Trinajstić information content (AvgIpc) is 2.41. The second-order valence-corrected chi connectivity index (χ2v) is 4.51. The van der Waals surface area contributed by atoms with Crippen molar-refractivity contribution in [1.29, 1.82) is 0 Å². The number of hydrogen-bond acceptors (Lipinski definition) is 4. The number of carbonyl (C=O) groups is 1. The van der Waals surface area contributed by atoms with Crippen molar-refractivity contribution in [2.75, 3.05) is 5.32 Å². The number of nitrogens with one attached hydrogen (secondary N) is 1. The molecule has 0 spiro atoms. The summed E-state index contributed by atoms with van der Waals surface area (Å²) < 4.78 is 24.3. The third kappa shape index (κ3) is 3.99. The maximum absolute atomic E-state index is 12.1. The van der Waals surface area contributed by atoms with Gasteiger partial charge in [-0.15, -0.1) is 0 Å². The largest absolute Gasteiger partial charge is 0.321 e.